The molecule has 0 aromatic heterocycles. The highest BCUT2D eigenvalue weighted by Gasteiger charge is 2.36. The third-order valence-electron chi connectivity index (χ3n) is 4.65. The van der Waals surface area contributed by atoms with Crippen molar-refractivity contribution in [3.05, 3.63) is 0 Å². The number of primary amides is 1. The van der Waals surface area contributed by atoms with Gasteiger partial charge in [-0.05, 0) is 55.9 Å². The second-order valence-electron chi connectivity index (χ2n) is 7.16. The molecule has 0 aliphatic rings. The first-order valence-electron chi connectivity index (χ1n) is 8.54. The molecule has 0 aromatic carbocycles. The van der Waals surface area contributed by atoms with Crippen molar-refractivity contribution in [1.29, 1.82) is 5.41 Å². The maximum absolute atomic E-state index is 11.7. The molecule has 0 aliphatic carbocycles. The normalized spacial score (nSPS) is 15.5. The molecule has 2 unspecified atom stereocenters. The van der Waals surface area contributed by atoms with E-state index in [0.29, 0.717) is 31.2 Å². The van der Waals surface area contributed by atoms with Gasteiger partial charge in [0.15, 0.2) is 0 Å². The molecule has 0 spiro atoms. The predicted molar refractivity (Wildman–Crippen MR) is 93.5 cm³/mol. The van der Waals surface area contributed by atoms with Crippen LogP contribution in [0.1, 0.15) is 72.1 Å². The minimum atomic E-state index is -0.230. The molecule has 0 saturated carbocycles. The summed E-state index contributed by atoms with van der Waals surface area (Å²) in [5, 5.41) is 7.40. The zero-order valence-corrected chi connectivity index (χ0v) is 14.7. The van der Waals surface area contributed by atoms with Crippen LogP contribution in [0.5, 0.6) is 0 Å². The van der Waals surface area contributed by atoms with Gasteiger partial charge < -0.3 is 17.2 Å². The number of hydrogen-bond acceptors (Lipinski definition) is 3. The minimum Gasteiger partial charge on any atom is -0.388 e. The quantitative estimate of drug-likeness (QED) is 0.238. The van der Waals surface area contributed by atoms with Gasteiger partial charge in [-0.3, -0.25) is 10.2 Å². The van der Waals surface area contributed by atoms with Gasteiger partial charge in [0.1, 0.15) is 0 Å². The summed E-state index contributed by atoms with van der Waals surface area (Å²) in [5.74, 6) is 0.993. The number of rotatable bonds is 13. The van der Waals surface area contributed by atoms with E-state index < -0.39 is 0 Å². The molecule has 5 nitrogen and oxygen atoms in total. The first-order valence-corrected chi connectivity index (χ1v) is 8.54. The van der Waals surface area contributed by atoms with Crippen molar-refractivity contribution in [2.75, 3.05) is 6.54 Å². The largest absolute Gasteiger partial charge is 0.388 e. The van der Waals surface area contributed by atoms with E-state index in [4.69, 9.17) is 22.6 Å². The maximum Gasteiger partial charge on any atom is 0.217 e. The molecule has 0 fully saturated rings. The van der Waals surface area contributed by atoms with Crippen LogP contribution in [0.4, 0.5) is 0 Å². The van der Waals surface area contributed by atoms with Gasteiger partial charge in [0.05, 0.1) is 5.84 Å². The van der Waals surface area contributed by atoms with E-state index in [1.807, 2.05) is 0 Å². The Balaban J connectivity index is 5.10. The van der Waals surface area contributed by atoms with Crippen LogP contribution in [0.2, 0.25) is 0 Å². The Kier molecular flexibility index (Phi) is 10.1. The number of carbonyl (C=O) groups excluding carboxylic acids is 1. The van der Waals surface area contributed by atoms with Gasteiger partial charge in [-0.2, -0.15) is 0 Å². The van der Waals surface area contributed by atoms with Gasteiger partial charge in [0, 0.05) is 12.8 Å². The van der Waals surface area contributed by atoms with Crippen molar-refractivity contribution < 1.29 is 4.79 Å². The van der Waals surface area contributed by atoms with E-state index in [2.05, 4.69) is 20.8 Å². The molecule has 0 bridgehead atoms. The van der Waals surface area contributed by atoms with Crippen LogP contribution in [0.25, 0.3) is 0 Å². The van der Waals surface area contributed by atoms with Gasteiger partial charge in [0.2, 0.25) is 5.91 Å². The van der Waals surface area contributed by atoms with Crippen molar-refractivity contribution in [3.8, 4) is 0 Å². The molecule has 5 heteroatoms. The van der Waals surface area contributed by atoms with E-state index in [0.717, 1.165) is 38.5 Å². The lowest BCUT2D eigenvalue weighted by atomic mass is 9.65. The molecule has 0 heterocycles. The average Bonchev–Trinajstić information content (AvgIpc) is 2.36. The summed E-state index contributed by atoms with van der Waals surface area (Å²) in [6.45, 7) is 7.33. The molecule has 0 aromatic rings. The maximum atomic E-state index is 11.7. The summed E-state index contributed by atoms with van der Waals surface area (Å²) in [6.07, 6.45) is 6.79. The molecule has 7 N–H and O–H groups in total. The molecular weight excluding hydrogens is 276 g/mol. The highest BCUT2D eigenvalue weighted by Crippen LogP contribution is 2.44. The van der Waals surface area contributed by atoms with Crippen LogP contribution < -0.4 is 17.2 Å². The third kappa shape index (κ3) is 8.37. The van der Waals surface area contributed by atoms with Crippen LogP contribution >= 0.6 is 0 Å². The summed E-state index contributed by atoms with van der Waals surface area (Å²) in [5.41, 5.74) is 16.6. The topological polar surface area (TPSA) is 119 Å². The lowest BCUT2D eigenvalue weighted by Gasteiger charge is -2.40. The SMILES string of the molecule is CC(C)CC(C)C(CCCCN)(CCCC(=N)N)CC(N)=O. The van der Waals surface area contributed by atoms with Crippen LogP contribution in [0.15, 0.2) is 0 Å². The van der Waals surface area contributed by atoms with Crippen molar-refractivity contribution in [1.82, 2.24) is 0 Å². The molecule has 1 amide bonds. The highest BCUT2D eigenvalue weighted by molar-refractivity contribution is 5.76. The summed E-state index contributed by atoms with van der Waals surface area (Å²) in [4.78, 5) is 11.7. The van der Waals surface area contributed by atoms with Crippen LogP contribution in [0, 0.1) is 22.7 Å². The first kappa shape index (κ1) is 20.9. The van der Waals surface area contributed by atoms with Crippen LogP contribution in [0.3, 0.4) is 0 Å². The number of amidine groups is 1. The number of nitrogens with one attached hydrogen (secondary N) is 1. The summed E-state index contributed by atoms with van der Waals surface area (Å²) in [7, 11) is 0. The number of amides is 1. The number of carbonyl (C=O) groups is 1. The zero-order chi connectivity index (χ0) is 17.2. The molecule has 0 aliphatic heterocycles. The smallest absolute Gasteiger partial charge is 0.217 e. The molecule has 0 saturated heterocycles. The highest BCUT2D eigenvalue weighted by atomic mass is 16.1. The minimum absolute atomic E-state index is 0.0826. The Labute approximate surface area is 135 Å². The number of unbranched alkanes of at least 4 members (excludes halogenated alkanes) is 1. The molecule has 0 radical (unpaired) electrons. The average molecular weight is 313 g/mol. The molecule has 22 heavy (non-hydrogen) atoms. The lowest BCUT2D eigenvalue weighted by Crippen LogP contribution is -2.35. The van der Waals surface area contributed by atoms with Gasteiger partial charge in [-0.25, -0.2) is 0 Å². The molecule has 2 atom stereocenters. The van der Waals surface area contributed by atoms with Crippen LogP contribution in [-0.4, -0.2) is 18.3 Å². The fourth-order valence-electron chi connectivity index (χ4n) is 3.53. The molecule has 0 rings (SSSR count). The van der Waals surface area contributed by atoms with E-state index in [9.17, 15) is 4.79 Å². The second-order valence-corrected chi connectivity index (χ2v) is 7.16. The first-order chi connectivity index (χ1) is 10.2. The van der Waals surface area contributed by atoms with E-state index in [1.165, 1.54) is 0 Å². The Morgan fingerprint density at radius 2 is 1.68 bits per heavy atom. The molecule has 130 valence electrons. The van der Waals surface area contributed by atoms with Gasteiger partial charge in [-0.1, -0.05) is 27.2 Å². The second kappa shape index (κ2) is 10.6. The third-order valence-corrected chi connectivity index (χ3v) is 4.65. The van der Waals surface area contributed by atoms with Gasteiger partial charge in [-0.15, -0.1) is 0 Å². The van der Waals surface area contributed by atoms with Crippen molar-refractivity contribution >= 4 is 11.7 Å². The van der Waals surface area contributed by atoms with Crippen LogP contribution in [-0.2, 0) is 4.79 Å². The Bertz CT molecular complexity index is 344. The Morgan fingerprint density at radius 3 is 2.14 bits per heavy atom. The molecular formula is C17H36N4O. The monoisotopic (exact) mass is 312 g/mol. The van der Waals surface area contributed by atoms with Crippen molar-refractivity contribution in [2.45, 2.75) is 72.1 Å². The van der Waals surface area contributed by atoms with E-state index >= 15 is 0 Å². The van der Waals surface area contributed by atoms with E-state index in [1.54, 1.807) is 0 Å². The standard InChI is InChI=1S/C17H36N4O/c1-13(2)11-14(3)17(12-16(21)22,8-4-5-10-18)9-6-7-15(19)20/h13-14H,4-12,18H2,1-3H3,(H3,19,20)(H2,21,22). The van der Waals surface area contributed by atoms with Gasteiger partial charge >= 0.3 is 0 Å². The predicted octanol–water partition coefficient (Wildman–Crippen LogP) is 2.77. The number of nitrogens with two attached hydrogens (primary N) is 3. The van der Waals surface area contributed by atoms with Crippen molar-refractivity contribution in [2.24, 2.45) is 34.5 Å². The van der Waals surface area contributed by atoms with E-state index in [-0.39, 0.29) is 17.2 Å². The Hall–Kier alpha value is -1.10. The fourth-order valence-corrected chi connectivity index (χ4v) is 3.53. The summed E-state index contributed by atoms with van der Waals surface area (Å²) >= 11 is 0. The van der Waals surface area contributed by atoms with Crippen molar-refractivity contribution in [3.63, 3.8) is 0 Å². The fraction of sp³-hybridized carbons (Fsp3) is 0.882. The zero-order valence-electron chi connectivity index (χ0n) is 14.7. The summed E-state index contributed by atoms with van der Waals surface area (Å²) < 4.78 is 0. The number of hydrogen-bond donors (Lipinski definition) is 4. The lowest BCUT2D eigenvalue weighted by molar-refractivity contribution is -0.121. The Morgan fingerprint density at radius 1 is 1.09 bits per heavy atom. The van der Waals surface area contributed by atoms with Gasteiger partial charge in [0.25, 0.3) is 0 Å². The summed E-state index contributed by atoms with van der Waals surface area (Å²) in [6, 6.07) is 0.